The maximum Gasteiger partial charge on any atom is 0.159 e. The second-order valence-corrected chi connectivity index (χ2v) is 5.75. The van der Waals surface area contributed by atoms with Crippen LogP contribution >= 0.6 is 0 Å². The van der Waals surface area contributed by atoms with Crippen molar-refractivity contribution in [3.63, 3.8) is 0 Å². The van der Waals surface area contributed by atoms with Crippen molar-refractivity contribution < 1.29 is 4.79 Å². The Bertz CT molecular complexity index is 906. The zero-order valence-corrected chi connectivity index (χ0v) is 13.6. The summed E-state index contributed by atoms with van der Waals surface area (Å²) in [5.41, 5.74) is 6.12. The molecule has 116 valence electrons. The lowest BCUT2D eigenvalue weighted by Crippen LogP contribution is -1.95. The van der Waals surface area contributed by atoms with Gasteiger partial charge in [0.05, 0.1) is 5.52 Å². The highest BCUT2D eigenvalue weighted by Crippen LogP contribution is 2.21. The van der Waals surface area contributed by atoms with Crippen molar-refractivity contribution in [2.45, 2.75) is 20.3 Å². The molecule has 0 fully saturated rings. The molecule has 3 rings (SSSR count). The maximum absolute atomic E-state index is 11.6. The largest absolute Gasteiger partial charge is 0.296 e. The summed E-state index contributed by atoms with van der Waals surface area (Å²) in [7, 11) is 1.78. The van der Waals surface area contributed by atoms with Gasteiger partial charge in [-0.25, -0.2) is 0 Å². The van der Waals surface area contributed by atoms with Gasteiger partial charge >= 0.3 is 0 Å². The van der Waals surface area contributed by atoms with Crippen LogP contribution in [-0.4, -0.2) is 29.2 Å². The Balaban J connectivity index is 2.00. The average molecular weight is 305 g/mol. The molecule has 0 saturated carbocycles. The number of nitrogens with zero attached hydrogens (tertiary/aromatic N) is 2. The molecule has 1 heterocycles. The lowest BCUT2D eigenvalue weighted by molar-refractivity contribution is 0.101. The molecule has 2 aromatic carbocycles. The van der Waals surface area contributed by atoms with Gasteiger partial charge in [-0.1, -0.05) is 12.1 Å². The number of benzene rings is 2. The summed E-state index contributed by atoms with van der Waals surface area (Å²) in [6.07, 6.45) is 2.61. The number of Topliss-reactive ketones (excluding diaryl/α,β-unsaturated/α-hetero) is 1. The van der Waals surface area contributed by atoms with E-state index in [1.807, 2.05) is 24.4 Å². The summed E-state index contributed by atoms with van der Waals surface area (Å²) >= 11 is 0. The monoisotopic (exact) mass is 305 g/mol. The molecule has 0 aliphatic carbocycles. The second-order valence-electron chi connectivity index (χ2n) is 5.75. The predicted octanol–water partition coefficient (Wildman–Crippen LogP) is 3.71. The standard InChI is InChI=1S/C19H19N3O/c1-12-4-5-14(8-16(12)11-20-3)9-19-17-10-15(13(2)23)6-7-18(17)21-22-19/h4-8,10-11H,9H2,1-3H3,(H,21,22). The van der Waals surface area contributed by atoms with E-state index in [0.29, 0.717) is 5.56 Å². The first kappa shape index (κ1) is 15.2. The summed E-state index contributed by atoms with van der Waals surface area (Å²) in [6.45, 7) is 3.66. The Labute approximate surface area is 135 Å². The van der Waals surface area contributed by atoms with Crippen LogP contribution in [0.2, 0.25) is 0 Å². The van der Waals surface area contributed by atoms with Gasteiger partial charge in [0.1, 0.15) is 0 Å². The zero-order chi connectivity index (χ0) is 16.4. The number of ketones is 1. The minimum Gasteiger partial charge on any atom is -0.296 e. The van der Waals surface area contributed by atoms with Crippen molar-refractivity contribution >= 4 is 22.9 Å². The SMILES string of the molecule is CN=Cc1cc(Cc2[nH]nc3ccc(C(C)=O)cc23)ccc1C. The van der Waals surface area contributed by atoms with Crippen LogP contribution in [0, 0.1) is 6.92 Å². The molecule has 0 amide bonds. The molecule has 0 radical (unpaired) electrons. The van der Waals surface area contributed by atoms with Gasteiger partial charge in [0.2, 0.25) is 0 Å². The smallest absolute Gasteiger partial charge is 0.159 e. The lowest BCUT2D eigenvalue weighted by Gasteiger charge is -2.05. The molecule has 3 aromatic rings. The first-order chi connectivity index (χ1) is 11.1. The summed E-state index contributed by atoms with van der Waals surface area (Å²) in [5.74, 6) is 0.0656. The van der Waals surface area contributed by atoms with E-state index in [-0.39, 0.29) is 5.78 Å². The Morgan fingerprint density at radius 2 is 2.09 bits per heavy atom. The van der Waals surface area contributed by atoms with Crippen molar-refractivity contribution in [2.24, 2.45) is 4.99 Å². The van der Waals surface area contributed by atoms with Gasteiger partial charge in [-0.05, 0) is 54.8 Å². The van der Waals surface area contributed by atoms with E-state index in [1.54, 1.807) is 14.0 Å². The van der Waals surface area contributed by atoms with Crippen molar-refractivity contribution in [1.29, 1.82) is 0 Å². The molecule has 0 atom stereocenters. The molecular weight excluding hydrogens is 286 g/mol. The maximum atomic E-state index is 11.6. The number of H-pyrrole nitrogens is 1. The van der Waals surface area contributed by atoms with Crippen LogP contribution in [0.25, 0.3) is 10.9 Å². The van der Waals surface area contributed by atoms with Crippen molar-refractivity contribution in [3.8, 4) is 0 Å². The quantitative estimate of drug-likeness (QED) is 0.590. The molecule has 0 spiro atoms. The third kappa shape index (κ3) is 3.06. The second kappa shape index (κ2) is 6.16. The number of aliphatic imine (C=N–C) groups is 1. The first-order valence-corrected chi connectivity index (χ1v) is 7.58. The number of nitrogens with one attached hydrogen (secondary N) is 1. The summed E-state index contributed by atoms with van der Waals surface area (Å²) < 4.78 is 0. The molecular formula is C19H19N3O. The molecule has 4 nitrogen and oxygen atoms in total. The van der Waals surface area contributed by atoms with E-state index in [2.05, 4.69) is 40.3 Å². The highest BCUT2D eigenvalue weighted by Gasteiger charge is 2.09. The van der Waals surface area contributed by atoms with Crippen LogP contribution in [0.5, 0.6) is 0 Å². The highest BCUT2D eigenvalue weighted by molar-refractivity contribution is 5.98. The van der Waals surface area contributed by atoms with E-state index in [9.17, 15) is 4.79 Å². The van der Waals surface area contributed by atoms with E-state index in [4.69, 9.17) is 0 Å². The third-order valence-electron chi connectivity index (χ3n) is 4.03. The van der Waals surface area contributed by atoms with E-state index in [0.717, 1.165) is 28.6 Å². The van der Waals surface area contributed by atoms with E-state index in [1.165, 1.54) is 11.1 Å². The number of hydrogen-bond acceptors (Lipinski definition) is 3. The van der Waals surface area contributed by atoms with Gasteiger partial charge in [-0.2, -0.15) is 5.10 Å². The van der Waals surface area contributed by atoms with Crippen molar-refractivity contribution in [2.75, 3.05) is 7.05 Å². The number of aromatic nitrogens is 2. The number of rotatable bonds is 4. The highest BCUT2D eigenvalue weighted by atomic mass is 16.1. The topological polar surface area (TPSA) is 58.1 Å². The number of aromatic amines is 1. The lowest BCUT2D eigenvalue weighted by atomic mass is 10.0. The van der Waals surface area contributed by atoms with Crippen LogP contribution in [0.3, 0.4) is 0 Å². The Morgan fingerprint density at radius 3 is 2.83 bits per heavy atom. The zero-order valence-electron chi connectivity index (χ0n) is 13.6. The number of hydrogen-bond donors (Lipinski definition) is 1. The predicted molar refractivity (Wildman–Crippen MR) is 93.6 cm³/mol. The van der Waals surface area contributed by atoms with Crippen molar-refractivity contribution in [3.05, 3.63) is 64.3 Å². The molecule has 23 heavy (non-hydrogen) atoms. The fourth-order valence-electron chi connectivity index (χ4n) is 2.70. The van der Waals surface area contributed by atoms with Crippen molar-refractivity contribution in [1.82, 2.24) is 10.2 Å². The average Bonchev–Trinajstić information content (AvgIpc) is 2.93. The molecule has 1 aromatic heterocycles. The number of aryl methyl sites for hydroxylation is 1. The Morgan fingerprint density at radius 1 is 1.26 bits per heavy atom. The normalized spacial score (nSPS) is 11.4. The van der Waals surface area contributed by atoms with Crippen LogP contribution < -0.4 is 0 Å². The summed E-state index contributed by atoms with van der Waals surface area (Å²) in [6, 6.07) is 12.0. The molecule has 1 N–H and O–H groups in total. The molecule has 0 aliphatic heterocycles. The van der Waals surface area contributed by atoms with Crippen LogP contribution in [0.15, 0.2) is 41.4 Å². The fraction of sp³-hybridized carbons (Fsp3) is 0.211. The number of fused-ring (bicyclic) bond motifs is 1. The Kier molecular flexibility index (Phi) is 4.06. The van der Waals surface area contributed by atoms with E-state index >= 15 is 0 Å². The van der Waals surface area contributed by atoms with Gasteiger partial charge < -0.3 is 0 Å². The first-order valence-electron chi connectivity index (χ1n) is 7.58. The van der Waals surface area contributed by atoms with Crippen LogP contribution in [0.1, 0.15) is 39.7 Å². The Hall–Kier alpha value is -2.75. The van der Waals surface area contributed by atoms with Gasteiger partial charge in [0, 0.05) is 36.3 Å². The third-order valence-corrected chi connectivity index (χ3v) is 4.03. The van der Waals surface area contributed by atoms with E-state index < -0.39 is 0 Å². The van der Waals surface area contributed by atoms with Gasteiger partial charge in [-0.15, -0.1) is 0 Å². The minimum absolute atomic E-state index is 0.0656. The minimum atomic E-state index is 0.0656. The summed E-state index contributed by atoms with van der Waals surface area (Å²) in [5, 5.41) is 8.43. The summed E-state index contributed by atoms with van der Waals surface area (Å²) in [4.78, 5) is 15.7. The number of carbonyl (C=O) groups excluding carboxylic acids is 1. The van der Waals surface area contributed by atoms with Crippen LogP contribution in [0.4, 0.5) is 0 Å². The molecule has 0 bridgehead atoms. The number of carbonyl (C=O) groups is 1. The molecule has 4 heteroatoms. The van der Waals surface area contributed by atoms with Crippen LogP contribution in [-0.2, 0) is 6.42 Å². The molecule has 0 aliphatic rings. The fourth-order valence-corrected chi connectivity index (χ4v) is 2.70. The molecule has 0 saturated heterocycles. The van der Waals surface area contributed by atoms with Gasteiger partial charge in [0.15, 0.2) is 5.78 Å². The van der Waals surface area contributed by atoms with Gasteiger partial charge in [0.25, 0.3) is 0 Å². The van der Waals surface area contributed by atoms with Gasteiger partial charge in [-0.3, -0.25) is 14.9 Å². The molecule has 0 unspecified atom stereocenters.